The minimum Gasteiger partial charge on any atom is -0.324 e. The first kappa shape index (κ1) is 9.40. The molecule has 1 aromatic rings. The molecular formula is C10H16N4. The van der Waals surface area contributed by atoms with Crippen molar-refractivity contribution in [2.45, 2.75) is 38.8 Å². The molecule has 76 valence electrons. The Labute approximate surface area is 83.8 Å². The zero-order valence-electron chi connectivity index (χ0n) is 8.48. The van der Waals surface area contributed by atoms with E-state index < -0.39 is 0 Å². The Hall–Kier alpha value is -1.16. The molecule has 0 bridgehead atoms. The monoisotopic (exact) mass is 192 g/mol. The third-order valence-electron chi connectivity index (χ3n) is 2.54. The summed E-state index contributed by atoms with van der Waals surface area (Å²) in [6.45, 7) is 3.07. The van der Waals surface area contributed by atoms with E-state index >= 15 is 0 Å². The number of rotatable bonds is 3. The highest BCUT2D eigenvalue weighted by Gasteiger charge is 2.16. The highest BCUT2D eigenvalue weighted by molar-refractivity contribution is 5.65. The number of aryl methyl sites for hydroxylation is 1. The molecule has 1 aliphatic carbocycles. The molecule has 4 heteroatoms. The molecule has 0 fully saturated rings. The van der Waals surface area contributed by atoms with Crippen LogP contribution in [-0.4, -0.2) is 21.0 Å². The van der Waals surface area contributed by atoms with Crippen molar-refractivity contribution in [2.24, 2.45) is 5.73 Å². The molecule has 2 rings (SSSR count). The number of nitrogens with two attached hydrogens (primary N) is 1. The van der Waals surface area contributed by atoms with E-state index in [1.54, 1.807) is 0 Å². The average molecular weight is 192 g/mol. The molecule has 0 radical (unpaired) electrons. The summed E-state index contributed by atoms with van der Waals surface area (Å²) in [5, 5.41) is 8.00. The molecule has 14 heavy (non-hydrogen) atoms. The largest absolute Gasteiger partial charge is 0.324 e. The summed E-state index contributed by atoms with van der Waals surface area (Å²) in [4.78, 5) is 0. The van der Waals surface area contributed by atoms with Gasteiger partial charge in [-0.25, -0.2) is 4.68 Å². The Bertz CT molecular complexity index is 340. The lowest BCUT2D eigenvalue weighted by atomic mass is 10.2. The van der Waals surface area contributed by atoms with Gasteiger partial charge in [-0.15, -0.1) is 5.10 Å². The van der Waals surface area contributed by atoms with Gasteiger partial charge >= 0.3 is 0 Å². The van der Waals surface area contributed by atoms with Crippen LogP contribution >= 0.6 is 0 Å². The van der Waals surface area contributed by atoms with Gasteiger partial charge < -0.3 is 5.73 Å². The average Bonchev–Trinajstić information content (AvgIpc) is 2.74. The van der Waals surface area contributed by atoms with Crippen LogP contribution in [-0.2, 0) is 6.54 Å². The summed E-state index contributed by atoms with van der Waals surface area (Å²) < 4.78 is 1.96. The topological polar surface area (TPSA) is 56.7 Å². The van der Waals surface area contributed by atoms with Crippen molar-refractivity contribution >= 4 is 5.57 Å². The van der Waals surface area contributed by atoms with Gasteiger partial charge in [0.15, 0.2) is 0 Å². The molecule has 0 aromatic carbocycles. The Balaban J connectivity index is 2.23. The number of aromatic nitrogens is 3. The quantitative estimate of drug-likeness (QED) is 0.782. The Morgan fingerprint density at radius 3 is 3.14 bits per heavy atom. The van der Waals surface area contributed by atoms with E-state index in [4.69, 9.17) is 5.73 Å². The maximum Gasteiger partial charge on any atom is 0.0842 e. The predicted molar refractivity (Wildman–Crippen MR) is 55.5 cm³/mol. The lowest BCUT2D eigenvalue weighted by Gasteiger charge is -2.04. The molecule has 1 atom stereocenters. The van der Waals surface area contributed by atoms with Gasteiger partial charge in [0.1, 0.15) is 0 Å². The van der Waals surface area contributed by atoms with Crippen molar-refractivity contribution in [3.8, 4) is 0 Å². The van der Waals surface area contributed by atoms with Gasteiger partial charge in [0.25, 0.3) is 0 Å². The highest BCUT2D eigenvalue weighted by atomic mass is 15.4. The van der Waals surface area contributed by atoms with E-state index in [1.165, 1.54) is 5.57 Å². The van der Waals surface area contributed by atoms with Crippen LogP contribution in [0.1, 0.15) is 31.9 Å². The molecule has 2 N–H and O–H groups in total. The van der Waals surface area contributed by atoms with Crippen molar-refractivity contribution < 1.29 is 0 Å². The van der Waals surface area contributed by atoms with E-state index in [9.17, 15) is 0 Å². The Morgan fingerprint density at radius 2 is 2.50 bits per heavy atom. The first-order valence-electron chi connectivity index (χ1n) is 5.16. The normalized spacial score (nSPS) is 21.3. The maximum atomic E-state index is 5.83. The fraction of sp³-hybridized carbons (Fsp3) is 0.600. The van der Waals surface area contributed by atoms with Gasteiger partial charge in [0, 0.05) is 12.6 Å². The van der Waals surface area contributed by atoms with Crippen LogP contribution in [0.5, 0.6) is 0 Å². The molecular weight excluding hydrogens is 176 g/mol. The summed E-state index contributed by atoms with van der Waals surface area (Å²) in [5.41, 5.74) is 8.27. The van der Waals surface area contributed by atoms with E-state index in [-0.39, 0.29) is 6.04 Å². The van der Waals surface area contributed by atoms with Gasteiger partial charge in [0.2, 0.25) is 0 Å². The maximum absolute atomic E-state index is 5.83. The summed E-state index contributed by atoms with van der Waals surface area (Å²) in [6.07, 6.45) is 7.14. The Morgan fingerprint density at radius 1 is 1.64 bits per heavy atom. The summed E-state index contributed by atoms with van der Waals surface area (Å²) in [5.74, 6) is 0. The van der Waals surface area contributed by atoms with E-state index in [0.717, 1.165) is 31.5 Å². The zero-order chi connectivity index (χ0) is 9.97. The third kappa shape index (κ3) is 1.70. The first-order chi connectivity index (χ1) is 6.81. The second-order valence-corrected chi connectivity index (χ2v) is 3.74. The lowest BCUT2D eigenvalue weighted by Crippen LogP contribution is -2.11. The van der Waals surface area contributed by atoms with Crippen molar-refractivity contribution in [3.05, 3.63) is 18.0 Å². The third-order valence-corrected chi connectivity index (χ3v) is 2.54. The number of allylic oxidation sites excluding steroid dienone is 1. The van der Waals surface area contributed by atoms with Gasteiger partial charge in [-0.05, 0) is 24.8 Å². The summed E-state index contributed by atoms with van der Waals surface area (Å²) in [6, 6.07) is 0.218. The van der Waals surface area contributed by atoms with Crippen molar-refractivity contribution in [3.63, 3.8) is 0 Å². The van der Waals surface area contributed by atoms with E-state index in [2.05, 4.69) is 23.3 Å². The van der Waals surface area contributed by atoms with Crippen molar-refractivity contribution in [1.82, 2.24) is 15.0 Å². The second-order valence-electron chi connectivity index (χ2n) is 3.74. The summed E-state index contributed by atoms with van der Waals surface area (Å²) >= 11 is 0. The SMILES string of the molecule is CCCn1nncc1C1=CC(N)CC1. The van der Waals surface area contributed by atoms with Crippen molar-refractivity contribution in [1.29, 1.82) is 0 Å². The van der Waals surface area contributed by atoms with Crippen LogP contribution in [0.15, 0.2) is 12.3 Å². The molecule has 4 nitrogen and oxygen atoms in total. The predicted octanol–water partition coefficient (Wildman–Crippen LogP) is 1.19. The van der Waals surface area contributed by atoms with Crippen LogP contribution in [0.4, 0.5) is 0 Å². The second kappa shape index (κ2) is 3.92. The number of nitrogens with zero attached hydrogens (tertiary/aromatic N) is 3. The molecule has 0 spiro atoms. The smallest absolute Gasteiger partial charge is 0.0842 e. The standard InChI is InChI=1S/C10H16N4/c1-2-5-14-10(7-12-13-14)8-3-4-9(11)6-8/h6-7,9H,2-5,11H2,1H3. The van der Waals surface area contributed by atoms with Crippen LogP contribution in [0.25, 0.3) is 5.57 Å². The zero-order valence-corrected chi connectivity index (χ0v) is 8.48. The van der Waals surface area contributed by atoms with Crippen LogP contribution in [0, 0.1) is 0 Å². The highest BCUT2D eigenvalue weighted by Crippen LogP contribution is 2.26. The molecule has 1 aromatic heterocycles. The van der Waals surface area contributed by atoms with Crippen LogP contribution in [0.3, 0.4) is 0 Å². The van der Waals surface area contributed by atoms with Crippen molar-refractivity contribution in [2.75, 3.05) is 0 Å². The minimum absolute atomic E-state index is 0.218. The van der Waals surface area contributed by atoms with Gasteiger partial charge in [-0.2, -0.15) is 0 Å². The van der Waals surface area contributed by atoms with Gasteiger partial charge in [0.05, 0.1) is 11.9 Å². The molecule has 0 saturated heterocycles. The molecule has 1 unspecified atom stereocenters. The van der Waals surface area contributed by atoms with E-state index in [1.807, 2.05) is 10.9 Å². The van der Waals surface area contributed by atoms with Crippen LogP contribution in [0.2, 0.25) is 0 Å². The molecule has 0 amide bonds. The fourth-order valence-corrected chi connectivity index (χ4v) is 1.84. The number of hydrogen-bond donors (Lipinski definition) is 1. The minimum atomic E-state index is 0.218. The molecule has 0 aliphatic heterocycles. The first-order valence-corrected chi connectivity index (χ1v) is 5.16. The fourth-order valence-electron chi connectivity index (χ4n) is 1.84. The molecule has 1 heterocycles. The summed E-state index contributed by atoms with van der Waals surface area (Å²) in [7, 11) is 0. The number of hydrogen-bond acceptors (Lipinski definition) is 3. The van der Waals surface area contributed by atoms with E-state index in [0.29, 0.717) is 0 Å². The molecule has 0 saturated carbocycles. The molecule has 1 aliphatic rings. The Kier molecular flexibility index (Phi) is 2.63. The van der Waals surface area contributed by atoms with Crippen LogP contribution < -0.4 is 5.73 Å². The van der Waals surface area contributed by atoms with Gasteiger partial charge in [-0.3, -0.25) is 0 Å². The van der Waals surface area contributed by atoms with Gasteiger partial charge in [-0.1, -0.05) is 18.2 Å². The lowest BCUT2D eigenvalue weighted by molar-refractivity contribution is 0.572.